The second-order valence-corrected chi connectivity index (χ2v) is 4.87. The highest BCUT2D eigenvalue weighted by Crippen LogP contribution is 2.25. The molecule has 0 aromatic heterocycles. The van der Waals surface area contributed by atoms with Gasteiger partial charge in [0.05, 0.1) is 0 Å². The summed E-state index contributed by atoms with van der Waals surface area (Å²) in [4.78, 5) is 10.4. The second-order valence-electron chi connectivity index (χ2n) is 3.95. The highest BCUT2D eigenvalue weighted by molar-refractivity contribution is 9.10. The molecule has 19 heavy (non-hydrogen) atoms. The van der Waals surface area contributed by atoms with E-state index < -0.39 is 0 Å². The van der Waals surface area contributed by atoms with Crippen LogP contribution in [0.5, 0.6) is 5.75 Å². The summed E-state index contributed by atoms with van der Waals surface area (Å²) in [5, 5.41) is 0. The molecule has 0 aliphatic heterocycles. The summed E-state index contributed by atoms with van der Waals surface area (Å²) in [6.07, 6.45) is 3.94. The fourth-order valence-corrected chi connectivity index (χ4v) is 2.04. The van der Waals surface area contributed by atoms with Crippen LogP contribution in [-0.2, 0) is 11.4 Å². The van der Waals surface area contributed by atoms with E-state index in [1.54, 1.807) is 6.08 Å². The average molecular weight is 317 g/mol. The number of halogens is 1. The second kappa shape index (κ2) is 6.90. The molecule has 0 atom stereocenters. The van der Waals surface area contributed by atoms with Crippen LogP contribution in [0.3, 0.4) is 0 Å². The van der Waals surface area contributed by atoms with Gasteiger partial charge in [0.1, 0.15) is 18.6 Å². The fourth-order valence-electron chi connectivity index (χ4n) is 1.66. The van der Waals surface area contributed by atoms with Crippen molar-refractivity contribution in [3.63, 3.8) is 0 Å². The maximum Gasteiger partial charge on any atom is 0.142 e. The molecule has 0 heterocycles. The molecular formula is C16H13BrO2. The predicted octanol–water partition coefficient (Wildman–Crippen LogP) is 4.24. The number of rotatable bonds is 5. The van der Waals surface area contributed by atoms with Gasteiger partial charge in [-0.05, 0) is 35.9 Å². The molecule has 0 spiro atoms. The van der Waals surface area contributed by atoms with Gasteiger partial charge in [-0.3, -0.25) is 4.79 Å². The van der Waals surface area contributed by atoms with E-state index in [0.29, 0.717) is 6.61 Å². The van der Waals surface area contributed by atoms with Gasteiger partial charge >= 0.3 is 0 Å². The van der Waals surface area contributed by atoms with Crippen molar-refractivity contribution >= 4 is 28.3 Å². The van der Waals surface area contributed by atoms with E-state index in [0.717, 1.165) is 27.6 Å². The molecule has 0 amide bonds. The first kappa shape index (κ1) is 13.6. The third-order valence-electron chi connectivity index (χ3n) is 2.56. The molecule has 0 saturated carbocycles. The Kier molecular flexibility index (Phi) is 4.93. The van der Waals surface area contributed by atoms with Gasteiger partial charge in [0.25, 0.3) is 0 Å². The van der Waals surface area contributed by atoms with Crippen molar-refractivity contribution in [3.05, 3.63) is 70.2 Å². The predicted molar refractivity (Wildman–Crippen MR) is 80.0 cm³/mol. The molecule has 2 aromatic rings. The smallest absolute Gasteiger partial charge is 0.142 e. The van der Waals surface area contributed by atoms with Gasteiger partial charge in [-0.2, -0.15) is 0 Å². The first-order chi connectivity index (χ1) is 9.29. The Morgan fingerprint density at radius 1 is 1.11 bits per heavy atom. The summed E-state index contributed by atoms with van der Waals surface area (Å²) in [5.74, 6) is 0.755. The Bertz CT molecular complexity index is 577. The van der Waals surface area contributed by atoms with Gasteiger partial charge in [-0.25, -0.2) is 0 Å². The van der Waals surface area contributed by atoms with Crippen LogP contribution < -0.4 is 4.74 Å². The molecule has 0 aliphatic rings. The molecule has 0 saturated heterocycles. The zero-order valence-corrected chi connectivity index (χ0v) is 11.8. The van der Waals surface area contributed by atoms with Crippen molar-refractivity contribution < 1.29 is 9.53 Å². The molecule has 0 unspecified atom stereocenters. The van der Waals surface area contributed by atoms with Gasteiger partial charge in [0.15, 0.2) is 0 Å². The number of aldehydes is 1. The SMILES string of the molecule is O=C/C=C/c1cc(Br)ccc1OCc1ccccc1. The van der Waals surface area contributed by atoms with Crippen LogP contribution in [0.1, 0.15) is 11.1 Å². The Morgan fingerprint density at radius 2 is 1.89 bits per heavy atom. The summed E-state index contributed by atoms with van der Waals surface area (Å²) < 4.78 is 6.74. The van der Waals surface area contributed by atoms with Crippen LogP contribution in [0.4, 0.5) is 0 Å². The molecule has 0 fully saturated rings. The number of hydrogen-bond acceptors (Lipinski definition) is 2. The van der Waals surface area contributed by atoms with E-state index in [1.807, 2.05) is 48.5 Å². The van der Waals surface area contributed by atoms with Crippen LogP contribution in [0, 0.1) is 0 Å². The van der Waals surface area contributed by atoms with Crippen LogP contribution in [0.15, 0.2) is 59.1 Å². The van der Waals surface area contributed by atoms with E-state index in [4.69, 9.17) is 4.74 Å². The summed E-state index contributed by atoms with van der Waals surface area (Å²) in [6.45, 7) is 0.504. The van der Waals surface area contributed by atoms with Gasteiger partial charge < -0.3 is 4.74 Å². The third-order valence-corrected chi connectivity index (χ3v) is 3.06. The third kappa shape index (κ3) is 4.07. The van der Waals surface area contributed by atoms with Gasteiger partial charge in [0.2, 0.25) is 0 Å². The van der Waals surface area contributed by atoms with E-state index in [9.17, 15) is 4.79 Å². The van der Waals surface area contributed by atoms with Gasteiger partial charge in [-0.15, -0.1) is 0 Å². The van der Waals surface area contributed by atoms with Gasteiger partial charge in [0, 0.05) is 10.0 Å². The highest BCUT2D eigenvalue weighted by Gasteiger charge is 2.02. The van der Waals surface area contributed by atoms with Crippen molar-refractivity contribution in [1.29, 1.82) is 0 Å². The summed E-state index contributed by atoms with van der Waals surface area (Å²) in [6, 6.07) is 15.7. The Labute approximate surface area is 120 Å². The van der Waals surface area contributed by atoms with Crippen LogP contribution in [0.2, 0.25) is 0 Å². The van der Waals surface area contributed by atoms with Crippen molar-refractivity contribution in [3.8, 4) is 5.75 Å². The summed E-state index contributed by atoms with van der Waals surface area (Å²) >= 11 is 3.41. The number of hydrogen-bond donors (Lipinski definition) is 0. The Balaban J connectivity index is 2.15. The Morgan fingerprint density at radius 3 is 2.63 bits per heavy atom. The van der Waals surface area contributed by atoms with E-state index in [1.165, 1.54) is 6.08 Å². The number of benzene rings is 2. The zero-order valence-electron chi connectivity index (χ0n) is 10.3. The van der Waals surface area contributed by atoms with Crippen molar-refractivity contribution in [1.82, 2.24) is 0 Å². The van der Waals surface area contributed by atoms with Crippen LogP contribution in [0.25, 0.3) is 6.08 Å². The number of carbonyl (C=O) groups excluding carboxylic acids is 1. The lowest BCUT2D eigenvalue weighted by atomic mass is 10.2. The molecule has 0 bridgehead atoms. The maximum absolute atomic E-state index is 10.4. The quantitative estimate of drug-likeness (QED) is 0.609. The lowest BCUT2D eigenvalue weighted by molar-refractivity contribution is -0.104. The number of ether oxygens (including phenoxy) is 1. The number of carbonyl (C=O) groups is 1. The lowest BCUT2D eigenvalue weighted by Gasteiger charge is -2.09. The zero-order chi connectivity index (χ0) is 13.5. The van der Waals surface area contributed by atoms with Crippen molar-refractivity contribution in [2.45, 2.75) is 6.61 Å². The highest BCUT2D eigenvalue weighted by atomic mass is 79.9. The standard InChI is InChI=1S/C16H13BrO2/c17-15-8-9-16(14(11-15)7-4-10-18)19-12-13-5-2-1-3-6-13/h1-11H,12H2/b7-4+. The Hall–Kier alpha value is -1.87. The molecule has 0 aliphatic carbocycles. The molecular weight excluding hydrogens is 304 g/mol. The first-order valence-electron chi connectivity index (χ1n) is 5.88. The van der Waals surface area contributed by atoms with Crippen LogP contribution >= 0.6 is 15.9 Å². The minimum Gasteiger partial charge on any atom is -0.488 e. The summed E-state index contributed by atoms with van der Waals surface area (Å²) in [7, 11) is 0. The molecule has 0 N–H and O–H groups in total. The topological polar surface area (TPSA) is 26.3 Å². The molecule has 2 rings (SSSR count). The molecule has 3 heteroatoms. The van der Waals surface area contributed by atoms with Gasteiger partial charge in [-0.1, -0.05) is 46.3 Å². The fraction of sp³-hybridized carbons (Fsp3) is 0.0625. The van der Waals surface area contributed by atoms with E-state index in [2.05, 4.69) is 15.9 Å². The molecule has 2 nitrogen and oxygen atoms in total. The number of allylic oxidation sites excluding steroid dienone is 1. The normalized spacial score (nSPS) is 10.6. The minimum absolute atomic E-state index is 0.504. The largest absolute Gasteiger partial charge is 0.488 e. The van der Waals surface area contributed by atoms with Crippen molar-refractivity contribution in [2.24, 2.45) is 0 Å². The molecule has 96 valence electrons. The minimum atomic E-state index is 0.504. The monoisotopic (exact) mass is 316 g/mol. The lowest BCUT2D eigenvalue weighted by Crippen LogP contribution is -1.96. The van der Waals surface area contributed by atoms with E-state index in [-0.39, 0.29) is 0 Å². The maximum atomic E-state index is 10.4. The average Bonchev–Trinajstić information content (AvgIpc) is 2.45. The van der Waals surface area contributed by atoms with E-state index >= 15 is 0 Å². The molecule has 2 aromatic carbocycles. The van der Waals surface area contributed by atoms with Crippen molar-refractivity contribution in [2.75, 3.05) is 0 Å². The molecule has 0 radical (unpaired) electrons. The van der Waals surface area contributed by atoms with Crippen LogP contribution in [-0.4, -0.2) is 6.29 Å². The summed E-state index contributed by atoms with van der Waals surface area (Å²) in [5.41, 5.74) is 1.98. The first-order valence-corrected chi connectivity index (χ1v) is 6.67.